The van der Waals surface area contributed by atoms with E-state index in [1.54, 1.807) is 31.2 Å². The number of nitrogens with two attached hydrogens (primary N) is 1. The second kappa shape index (κ2) is 6.89. The Morgan fingerprint density at radius 2 is 1.85 bits per heavy atom. The van der Waals surface area contributed by atoms with Gasteiger partial charge in [0.2, 0.25) is 0 Å². The van der Waals surface area contributed by atoms with Gasteiger partial charge < -0.3 is 15.6 Å². The van der Waals surface area contributed by atoms with Crippen LogP contribution in [0.1, 0.15) is 16.1 Å². The molecule has 0 aliphatic carbocycles. The van der Waals surface area contributed by atoms with E-state index in [4.69, 9.17) is 10.3 Å². The summed E-state index contributed by atoms with van der Waals surface area (Å²) in [5, 5.41) is 6.27. The Morgan fingerprint density at radius 3 is 2.46 bits per heavy atom. The summed E-state index contributed by atoms with van der Waals surface area (Å²) in [7, 11) is -3.80. The molecule has 134 valence electrons. The number of aromatic nitrogens is 1. The maximum atomic E-state index is 12.3. The molecule has 0 aliphatic rings. The van der Waals surface area contributed by atoms with Gasteiger partial charge in [-0.1, -0.05) is 11.2 Å². The number of hydrogen-bond donors (Lipinski definition) is 3. The van der Waals surface area contributed by atoms with Crippen LogP contribution in [0.25, 0.3) is 0 Å². The van der Waals surface area contributed by atoms with Crippen LogP contribution < -0.4 is 15.8 Å². The highest BCUT2D eigenvalue weighted by molar-refractivity contribution is 7.92. The van der Waals surface area contributed by atoms with Gasteiger partial charge in [0.1, 0.15) is 5.76 Å². The van der Waals surface area contributed by atoms with E-state index in [9.17, 15) is 13.2 Å². The molecule has 3 rings (SSSR count). The maximum absolute atomic E-state index is 12.3. The van der Waals surface area contributed by atoms with Gasteiger partial charge in [-0.15, -0.1) is 0 Å². The zero-order valence-corrected chi connectivity index (χ0v) is 14.6. The van der Waals surface area contributed by atoms with Gasteiger partial charge in [-0.2, -0.15) is 0 Å². The van der Waals surface area contributed by atoms with E-state index in [2.05, 4.69) is 15.2 Å². The molecule has 8 nitrogen and oxygen atoms in total. The third kappa shape index (κ3) is 4.01. The van der Waals surface area contributed by atoms with Crippen molar-refractivity contribution in [2.24, 2.45) is 0 Å². The lowest BCUT2D eigenvalue weighted by Gasteiger charge is -2.08. The molecule has 4 N–H and O–H groups in total. The van der Waals surface area contributed by atoms with E-state index in [1.165, 1.54) is 30.3 Å². The summed E-state index contributed by atoms with van der Waals surface area (Å²) in [6.07, 6.45) is 0. The fourth-order valence-electron chi connectivity index (χ4n) is 2.21. The molecule has 3 aromatic rings. The molecule has 1 aromatic heterocycles. The number of carbonyl (C=O) groups is 1. The maximum Gasteiger partial charge on any atom is 0.263 e. The van der Waals surface area contributed by atoms with Gasteiger partial charge >= 0.3 is 0 Å². The minimum Gasteiger partial charge on any atom is -0.399 e. The van der Waals surface area contributed by atoms with Crippen molar-refractivity contribution in [1.82, 2.24) is 5.16 Å². The molecule has 0 spiro atoms. The molecular formula is C17H16N4O4S. The molecule has 0 bridgehead atoms. The highest BCUT2D eigenvalue weighted by Gasteiger charge is 2.16. The number of nitrogens with zero attached hydrogens (tertiary/aromatic N) is 1. The van der Waals surface area contributed by atoms with Gasteiger partial charge in [0.25, 0.3) is 15.9 Å². The van der Waals surface area contributed by atoms with Crippen molar-refractivity contribution in [3.8, 4) is 0 Å². The van der Waals surface area contributed by atoms with Crippen molar-refractivity contribution in [3.05, 3.63) is 65.9 Å². The summed E-state index contributed by atoms with van der Waals surface area (Å²) >= 11 is 0. The second-order valence-corrected chi connectivity index (χ2v) is 7.21. The normalized spacial score (nSPS) is 11.1. The molecule has 1 heterocycles. The molecule has 9 heteroatoms. The third-order valence-corrected chi connectivity index (χ3v) is 4.81. The highest BCUT2D eigenvalue weighted by Crippen LogP contribution is 2.19. The van der Waals surface area contributed by atoms with Crippen LogP contribution in [-0.2, 0) is 10.0 Å². The largest absolute Gasteiger partial charge is 0.399 e. The SMILES string of the molecule is Cc1cc(NS(=O)(=O)c2ccc(NC(=O)c3cccc(N)c3)cc2)no1. The fourth-order valence-corrected chi connectivity index (χ4v) is 3.20. The van der Waals surface area contributed by atoms with Crippen molar-refractivity contribution in [3.63, 3.8) is 0 Å². The van der Waals surface area contributed by atoms with Gasteiger partial charge in [-0.05, 0) is 49.4 Å². The Morgan fingerprint density at radius 1 is 1.12 bits per heavy atom. The summed E-state index contributed by atoms with van der Waals surface area (Å²) in [6.45, 7) is 1.66. The van der Waals surface area contributed by atoms with Gasteiger partial charge in [-0.25, -0.2) is 8.42 Å². The van der Waals surface area contributed by atoms with Gasteiger partial charge in [0.15, 0.2) is 5.82 Å². The van der Waals surface area contributed by atoms with Crippen LogP contribution in [0.2, 0.25) is 0 Å². The molecule has 0 saturated carbocycles. The van der Waals surface area contributed by atoms with Crippen LogP contribution in [0.4, 0.5) is 17.2 Å². The first-order valence-corrected chi connectivity index (χ1v) is 9.05. The van der Waals surface area contributed by atoms with Crippen molar-refractivity contribution in [2.45, 2.75) is 11.8 Å². The van der Waals surface area contributed by atoms with E-state index >= 15 is 0 Å². The lowest BCUT2D eigenvalue weighted by atomic mass is 10.2. The lowest BCUT2D eigenvalue weighted by molar-refractivity contribution is 0.102. The van der Waals surface area contributed by atoms with Crippen LogP contribution in [0.15, 0.2) is 64.0 Å². The number of aryl methyl sites for hydroxylation is 1. The second-order valence-electron chi connectivity index (χ2n) is 5.53. The fraction of sp³-hybridized carbons (Fsp3) is 0.0588. The summed E-state index contributed by atoms with van der Waals surface area (Å²) < 4.78 is 31.8. The van der Waals surface area contributed by atoms with Crippen molar-refractivity contribution >= 4 is 33.1 Å². The van der Waals surface area contributed by atoms with Crippen LogP contribution in [-0.4, -0.2) is 19.5 Å². The van der Waals surface area contributed by atoms with Gasteiger partial charge in [0, 0.05) is 23.0 Å². The minimum atomic E-state index is -3.80. The molecule has 0 saturated heterocycles. The molecule has 0 fully saturated rings. The Kier molecular flexibility index (Phi) is 4.63. The first kappa shape index (κ1) is 17.5. The number of hydrogen-bond acceptors (Lipinski definition) is 6. The van der Waals surface area contributed by atoms with Crippen molar-refractivity contribution < 1.29 is 17.7 Å². The van der Waals surface area contributed by atoms with Crippen LogP contribution >= 0.6 is 0 Å². The Hall–Kier alpha value is -3.33. The quantitative estimate of drug-likeness (QED) is 0.591. The number of benzene rings is 2. The van der Waals surface area contributed by atoms with E-state index in [1.807, 2.05) is 0 Å². The molecule has 0 unspecified atom stereocenters. The number of carbonyl (C=O) groups excluding carboxylic acids is 1. The average Bonchev–Trinajstić information content (AvgIpc) is 2.99. The van der Waals surface area contributed by atoms with E-state index in [0.717, 1.165) is 0 Å². The van der Waals surface area contributed by atoms with E-state index in [-0.39, 0.29) is 16.6 Å². The van der Waals surface area contributed by atoms with Crippen LogP contribution in [0.5, 0.6) is 0 Å². The van der Waals surface area contributed by atoms with Crippen LogP contribution in [0.3, 0.4) is 0 Å². The zero-order chi connectivity index (χ0) is 18.7. The lowest BCUT2D eigenvalue weighted by Crippen LogP contribution is -2.14. The molecule has 0 radical (unpaired) electrons. The number of rotatable bonds is 5. The van der Waals surface area contributed by atoms with Gasteiger partial charge in [0.05, 0.1) is 4.90 Å². The zero-order valence-electron chi connectivity index (χ0n) is 13.8. The predicted octanol–water partition coefficient (Wildman–Crippen LogP) is 2.62. The number of sulfonamides is 1. The Labute approximate surface area is 150 Å². The minimum absolute atomic E-state index is 0.0279. The summed E-state index contributed by atoms with van der Waals surface area (Å²) in [5.41, 5.74) is 7.00. The van der Waals surface area contributed by atoms with Crippen molar-refractivity contribution in [1.29, 1.82) is 0 Å². The summed E-state index contributed by atoms with van der Waals surface area (Å²) in [6, 6.07) is 13.8. The predicted molar refractivity (Wildman–Crippen MR) is 97.3 cm³/mol. The molecule has 0 aliphatic heterocycles. The molecule has 2 aromatic carbocycles. The van der Waals surface area contributed by atoms with Crippen molar-refractivity contribution in [2.75, 3.05) is 15.8 Å². The first-order valence-electron chi connectivity index (χ1n) is 7.56. The Bertz CT molecular complexity index is 1040. The first-order chi connectivity index (χ1) is 12.3. The monoisotopic (exact) mass is 372 g/mol. The molecule has 0 atom stereocenters. The smallest absolute Gasteiger partial charge is 0.263 e. The molecule has 26 heavy (non-hydrogen) atoms. The topological polar surface area (TPSA) is 127 Å². The highest BCUT2D eigenvalue weighted by atomic mass is 32.2. The summed E-state index contributed by atoms with van der Waals surface area (Å²) in [5.74, 6) is 0.243. The number of anilines is 3. The number of nitrogens with one attached hydrogen (secondary N) is 2. The number of nitrogen functional groups attached to an aromatic ring is 1. The van der Waals surface area contributed by atoms with E-state index < -0.39 is 10.0 Å². The average molecular weight is 372 g/mol. The molecular weight excluding hydrogens is 356 g/mol. The van der Waals surface area contributed by atoms with E-state index in [0.29, 0.717) is 22.7 Å². The number of amides is 1. The molecule has 1 amide bonds. The van der Waals surface area contributed by atoms with Crippen LogP contribution in [0, 0.1) is 6.92 Å². The summed E-state index contributed by atoms with van der Waals surface area (Å²) in [4.78, 5) is 12.2. The Balaban J connectivity index is 1.72. The third-order valence-electron chi connectivity index (χ3n) is 3.44. The standard InChI is InChI=1S/C17H16N4O4S/c1-11-9-16(20-25-11)21-26(23,24)15-7-5-14(6-8-15)19-17(22)12-3-2-4-13(18)10-12/h2-10H,18H2,1H3,(H,19,22)(H,20,21). The van der Waals surface area contributed by atoms with Gasteiger partial charge in [-0.3, -0.25) is 9.52 Å².